The van der Waals surface area contributed by atoms with Gasteiger partial charge in [0.05, 0.1) is 0 Å². The van der Waals surface area contributed by atoms with E-state index >= 15 is 0 Å². The molecule has 0 aliphatic carbocycles. The van der Waals surface area contributed by atoms with E-state index in [0.717, 1.165) is 56.2 Å². The Morgan fingerprint density at radius 1 is 1.00 bits per heavy atom. The van der Waals surface area contributed by atoms with E-state index < -0.39 is 11.6 Å². The van der Waals surface area contributed by atoms with Crippen molar-refractivity contribution < 1.29 is 13.6 Å². The van der Waals surface area contributed by atoms with E-state index in [-0.39, 0.29) is 12.3 Å². The van der Waals surface area contributed by atoms with Gasteiger partial charge in [0.25, 0.3) is 0 Å². The van der Waals surface area contributed by atoms with Gasteiger partial charge in [-0.2, -0.15) is 0 Å². The highest BCUT2D eigenvalue weighted by atomic mass is 19.2. The number of carbonyl (C=O) groups is 1. The van der Waals surface area contributed by atoms with Gasteiger partial charge in [-0.15, -0.1) is 0 Å². The van der Waals surface area contributed by atoms with Gasteiger partial charge in [0, 0.05) is 44.0 Å². The second kappa shape index (κ2) is 8.95. The zero-order valence-corrected chi connectivity index (χ0v) is 15.5. The number of piperazine rings is 1. The van der Waals surface area contributed by atoms with Crippen LogP contribution in [0.25, 0.3) is 0 Å². The molecule has 1 N–H and O–H groups in total. The molecule has 0 unspecified atom stereocenters. The summed E-state index contributed by atoms with van der Waals surface area (Å²) >= 11 is 0. The van der Waals surface area contributed by atoms with E-state index in [0.29, 0.717) is 12.0 Å². The number of hydrogen-bond donors (Lipinski definition) is 1. The monoisotopic (exact) mass is 373 g/mol. The van der Waals surface area contributed by atoms with Crippen molar-refractivity contribution in [2.75, 3.05) is 42.9 Å². The van der Waals surface area contributed by atoms with Crippen molar-refractivity contribution in [1.82, 2.24) is 4.90 Å². The number of likely N-dealkylation sites (N-methyl/N-ethyl adjacent to an activating group) is 1. The molecule has 144 valence electrons. The van der Waals surface area contributed by atoms with Crippen molar-refractivity contribution in [3.8, 4) is 0 Å². The Bertz CT molecular complexity index is 771. The Balaban J connectivity index is 1.49. The minimum atomic E-state index is -0.886. The maximum atomic E-state index is 13.2. The Morgan fingerprint density at radius 2 is 1.70 bits per heavy atom. The molecule has 0 bridgehead atoms. The lowest BCUT2D eigenvalue weighted by molar-refractivity contribution is -0.116. The van der Waals surface area contributed by atoms with Crippen LogP contribution in [0.3, 0.4) is 0 Å². The van der Waals surface area contributed by atoms with Crippen LogP contribution < -0.4 is 10.2 Å². The SMILES string of the molecule is CCN1CCN(c2ccc(NC(=O)CCc3ccc(F)c(F)c3)cc2)CC1. The highest BCUT2D eigenvalue weighted by molar-refractivity contribution is 5.91. The predicted octanol–water partition coefficient (Wildman–Crippen LogP) is 3.68. The number of nitrogens with one attached hydrogen (secondary N) is 1. The minimum absolute atomic E-state index is 0.149. The molecule has 3 rings (SSSR count). The van der Waals surface area contributed by atoms with Crippen LogP contribution in [0.15, 0.2) is 42.5 Å². The molecule has 1 saturated heterocycles. The summed E-state index contributed by atoms with van der Waals surface area (Å²) in [6.07, 6.45) is 0.578. The van der Waals surface area contributed by atoms with Gasteiger partial charge >= 0.3 is 0 Å². The highest BCUT2D eigenvalue weighted by Gasteiger charge is 2.15. The summed E-state index contributed by atoms with van der Waals surface area (Å²) in [5, 5.41) is 2.85. The van der Waals surface area contributed by atoms with Crippen LogP contribution in [-0.2, 0) is 11.2 Å². The number of hydrogen-bond acceptors (Lipinski definition) is 3. The summed E-state index contributed by atoms with van der Waals surface area (Å²) in [6.45, 7) is 7.42. The van der Waals surface area contributed by atoms with Gasteiger partial charge in [-0.05, 0) is 54.9 Å². The Kier molecular flexibility index (Phi) is 6.40. The maximum absolute atomic E-state index is 13.2. The number of halogens is 2. The van der Waals surface area contributed by atoms with Crippen LogP contribution in [0.1, 0.15) is 18.9 Å². The first-order chi connectivity index (χ1) is 13.0. The van der Waals surface area contributed by atoms with Crippen molar-refractivity contribution in [1.29, 1.82) is 0 Å². The van der Waals surface area contributed by atoms with E-state index in [1.54, 1.807) is 0 Å². The minimum Gasteiger partial charge on any atom is -0.369 e. The molecule has 0 saturated carbocycles. The van der Waals surface area contributed by atoms with Crippen molar-refractivity contribution in [3.63, 3.8) is 0 Å². The van der Waals surface area contributed by atoms with Gasteiger partial charge in [-0.25, -0.2) is 8.78 Å². The lowest BCUT2D eigenvalue weighted by Gasteiger charge is -2.35. The molecule has 1 amide bonds. The van der Waals surface area contributed by atoms with Gasteiger partial charge in [0.2, 0.25) is 5.91 Å². The van der Waals surface area contributed by atoms with Crippen LogP contribution >= 0.6 is 0 Å². The largest absolute Gasteiger partial charge is 0.369 e. The topological polar surface area (TPSA) is 35.6 Å². The molecule has 1 fully saturated rings. The van der Waals surface area contributed by atoms with E-state index in [9.17, 15) is 13.6 Å². The molecule has 2 aromatic carbocycles. The molecular weight excluding hydrogens is 348 g/mol. The number of anilines is 2. The standard InChI is InChI=1S/C21H25F2N3O/c1-2-25-11-13-26(14-12-25)18-7-5-17(6-8-18)24-21(27)10-4-16-3-9-19(22)20(23)15-16/h3,5-9,15H,2,4,10-14H2,1H3,(H,24,27). The van der Waals surface area contributed by atoms with E-state index in [4.69, 9.17) is 0 Å². The van der Waals surface area contributed by atoms with Crippen LogP contribution in [0, 0.1) is 11.6 Å². The van der Waals surface area contributed by atoms with E-state index in [1.165, 1.54) is 6.07 Å². The third-order valence-electron chi connectivity index (χ3n) is 4.96. The molecule has 2 aromatic rings. The van der Waals surface area contributed by atoms with Gasteiger partial charge in [-0.3, -0.25) is 4.79 Å². The van der Waals surface area contributed by atoms with Crippen LogP contribution in [-0.4, -0.2) is 43.5 Å². The number of aryl methyl sites for hydroxylation is 1. The second-order valence-corrected chi connectivity index (χ2v) is 6.76. The third kappa shape index (κ3) is 5.26. The first-order valence-electron chi connectivity index (χ1n) is 9.36. The fraction of sp³-hybridized carbons (Fsp3) is 0.381. The fourth-order valence-corrected chi connectivity index (χ4v) is 3.25. The average molecular weight is 373 g/mol. The molecule has 0 radical (unpaired) electrons. The van der Waals surface area contributed by atoms with Crippen LogP contribution in [0.2, 0.25) is 0 Å². The van der Waals surface area contributed by atoms with E-state index in [1.807, 2.05) is 24.3 Å². The predicted molar refractivity (Wildman–Crippen MR) is 104 cm³/mol. The smallest absolute Gasteiger partial charge is 0.224 e. The molecule has 27 heavy (non-hydrogen) atoms. The Morgan fingerprint density at radius 3 is 2.33 bits per heavy atom. The zero-order valence-electron chi connectivity index (χ0n) is 15.5. The number of nitrogens with zero attached hydrogens (tertiary/aromatic N) is 2. The van der Waals surface area contributed by atoms with Crippen molar-refractivity contribution in [2.45, 2.75) is 19.8 Å². The molecule has 1 aliphatic rings. The summed E-state index contributed by atoms with van der Waals surface area (Å²) < 4.78 is 26.1. The third-order valence-corrected chi connectivity index (χ3v) is 4.96. The lowest BCUT2D eigenvalue weighted by Crippen LogP contribution is -2.46. The maximum Gasteiger partial charge on any atom is 0.224 e. The summed E-state index contributed by atoms with van der Waals surface area (Å²) in [7, 11) is 0. The Labute approximate surface area is 158 Å². The van der Waals surface area contributed by atoms with Crippen molar-refractivity contribution in [2.24, 2.45) is 0 Å². The van der Waals surface area contributed by atoms with Gasteiger partial charge in [0.1, 0.15) is 0 Å². The number of amides is 1. The average Bonchev–Trinajstić information content (AvgIpc) is 2.69. The number of rotatable bonds is 6. The van der Waals surface area contributed by atoms with Gasteiger partial charge < -0.3 is 15.1 Å². The normalized spacial score (nSPS) is 15.0. The fourth-order valence-electron chi connectivity index (χ4n) is 3.25. The molecule has 0 atom stereocenters. The summed E-state index contributed by atoms with van der Waals surface area (Å²) in [4.78, 5) is 16.9. The molecule has 6 heteroatoms. The quantitative estimate of drug-likeness (QED) is 0.839. The van der Waals surface area contributed by atoms with Gasteiger partial charge in [-0.1, -0.05) is 13.0 Å². The molecule has 1 aliphatic heterocycles. The first kappa shape index (κ1) is 19.3. The van der Waals surface area contributed by atoms with Gasteiger partial charge in [0.15, 0.2) is 11.6 Å². The lowest BCUT2D eigenvalue weighted by atomic mass is 10.1. The highest BCUT2D eigenvalue weighted by Crippen LogP contribution is 2.20. The van der Waals surface area contributed by atoms with Crippen molar-refractivity contribution >= 4 is 17.3 Å². The molecule has 0 spiro atoms. The van der Waals surface area contributed by atoms with Crippen LogP contribution in [0.4, 0.5) is 20.2 Å². The first-order valence-corrected chi connectivity index (χ1v) is 9.36. The summed E-state index contributed by atoms with van der Waals surface area (Å²) in [5.74, 6) is -1.91. The molecule has 1 heterocycles. The summed E-state index contributed by atoms with van der Waals surface area (Å²) in [6, 6.07) is 11.6. The van der Waals surface area contributed by atoms with E-state index in [2.05, 4.69) is 22.0 Å². The summed E-state index contributed by atoms with van der Waals surface area (Å²) in [5.41, 5.74) is 2.50. The second-order valence-electron chi connectivity index (χ2n) is 6.76. The number of benzene rings is 2. The molecule has 4 nitrogen and oxygen atoms in total. The Hall–Kier alpha value is -2.47. The molecular formula is C21H25F2N3O. The van der Waals surface area contributed by atoms with Crippen LogP contribution in [0.5, 0.6) is 0 Å². The molecule has 0 aromatic heterocycles. The van der Waals surface area contributed by atoms with Crippen molar-refractivity contribution in [3.05, 3.63) is 59.7 Å². The number of carbonyl (C=O) groups excluding carboxylic acids is 1. The zero-order chi connectivity index (χ0) is 19.2.